The van der Waals surface area contributed by atoms with Crippen molar-refractivity contribution in [2.75, 3.05) is 19.3 Å². The maximum absolute atomic E-state index is 8.39. The summed E-state index contributed by atoms with van der Waals surface area (Å²) in [4.78, 5) is 0. The van der Waals surface area contributed by atoms with Gasteiger partial charge in [0, 0.05) is 17.7 Å². The van der Waals surface area contributed by atoms with Gasteiger partial charge in [0.05, 0.1) is 6.07 Å². The van der Waals surface area contributed by atoms with E-state index in [-0.39, 0.29) is 0 Å². The second-order valence-electron chi connectivity index (χ2n) is 4.03. The summed E-state index contributed by atoms with van der Waals surface area (Å²) in [7, 11) is 0. The van der Waals surface area contributed by atoms with Crippen LogP contribution in [-0.2, 0) is 0 Å². The lowest BCUT2D eigenvalue weighted by atomic mass is 10.1. The number of nitriles is 1. The topological polar surface area (TPSA) is 35.8 Å². The quantitative estimate of drug-likeness (QED) is 0.687. The molecule has 0 aromatic rings. The fourth-order valence-corrected chi connectivity index (χ4v) is 3.02. The van der Waals surface area contributed by atoms with Gasteiger partial charge in [0.15, 0.2) is 0 Å². The first-order chi connectivity index (χ1) is 6.83. The van der Waals surface area contributed by atoms with Crippen molar-refractivity contribution >= 4 is 11.8 Å². The molecule has 3 heteroatoms. The lowest BCUT2D eigenvalue weighted by Gasteiger charge is -2.26. The molecule has 0 aliphatic heterocycles. The highest BCUT2D eigenvalue weighted by atomic mass is 32.2. The number of nitrogens with zero attached hydrogens (tertiary/aromatic N) is 1. The molecule has 1 aliphatic carbocycles. The molecule has 2 nitrogen and oxygen atoms in total. The summed E-state index contributed by atoms with van der Waals surface area (Å²) < 4.78 is 0.507. The van der Waals surface area contributed by atoms with Crippen molar-refractivity contribution in [2.45, 2.75) is 43.3 Å². The SMILES string of the molecule is CSC1(CNCCCC#N)CCCC1. The summed E-state index contributed by atoms with van der Waals surface area (Å²) in [5, 5.41) is 11.9. The summed E-state index contributed by atoms with van der Waals surface area (Å²) in [6, 6.07) is 2.17. The fraction of sp³-hybridized carbons (Fsp3) is 0.909. The second kappa shape index (κ2) is 6.31. The first-order valence-corrected chi connectivity index (χ1v) is 6.68. The molecule has 1 rings (SSSR count). The molecule has 0 aromatic heterocycles. The van der Waals surface area contributed by atoms with Crippen LogP contribution in [-0.4, -0.2) is 24.1 Å². The molecule has 1 fully saturated rings. The van der Waals surface area contributed by atoms with Crippen LogP contribution in [0.3, 0.4) is 0 Å². The van der Waals surface area contributed by atoms with Crippen molar-refractivity contribution in [3.05, 3.63) is 0 Å². The van der Waals surface area contributed by atoms with E-state index in [9.17, 15) is 0 Å². The third kappa shape index (κ3) is 3.51. The highest BCUT2D eigenvalue weighted by Gasteiger charge is 2.32. The Morgan fingerprint density at radius 2 is 2.14 bits per heavy atom. The van der Waals surface area contributed by atoms with E-state index in [2.05, 4.69) is 17.6 Å². The van der Waals surface area contributed by atoms with Gasteiger partial charge in [0.25, 0.3) is 0 Å². The number of unbranched alkanes of at least 4 members (excludes halogenated alkanes) is 1. The van der Waals surface area contributed by atoms with E-state index in [4.69, 9.17) is 5.26 Å². The Morgan fingerprint density at radius 3 is 2.71 bits per heavy atom. The van der Waals surface area contributed by atoms with E-state index in [1.807, 2.05) is 11.8 Å². The van der Waals surface area contributed by atoms with Crippen LogP contribution in [0.2, 0.25) is 0 Å². The average molecular weight is 212 g/mol. The lowest BCUT2D eigenvalue weighted by molar-refractivity contribution is 0.529. The Labute approximate surface area is 91.4 Å². The first-order valence-electron chi connectivity index (χ1n) is 5.46. The van der Waals surface area contributed by atoms with Gasteiger partial charge in [-0.05, 0) is 32.1 Å². The van der Waals surface area contributed by atoms with E-state index in [0.29, 0.717) is 11.2 Å². The molecule has 1 saturated carbocycles. The Kier molecular flexibility index (Phi) is 5.36. The van der Waals surface area contributed by atoms with Gasteiger partial charge in [0.2, 0.25) is 0 Å². The van der Waals surface area contributed by atoms with E-state index in [0.717, 1.165) is 19.5 Å². The van der Waals surface area contributed by atoms with Crippen LogP contribution >= 0.6 is 11.8 Å². The standard InChI is InChI=1S/C11H20N2S/c1-14-11(6-2-3-7-11)10-13-9-5-4-8-12/h13H,2-7,9-10H2,1H3. The van der Waals surface area contributed by atoms with E-state index in [1.54, 1.807) is 0 Å². The van der Waals surface area contributed by atoms with E-state index >= 15 is 0 Å². The highest BCUT2D eigenvalue weighted by molar-refractivity contribution is 8.00. The van der Waals surface area contributed by atoms with Crippen LogP contribution in [0.25, 0.3) is 0 Å². The maximum Gasteiger partial charge on any atom is 0.0622 e. The molecule has 0 amide bonds. The molecule has 14 heavy (non-hydrogen) atoms. The smallest absolute Gasteiger partial charge is 0.0622 e. The van der Waals surface area contributed by atoms with Crippen molar-refractivity contribution in [1.29, 1.82) is 5.26 Å². The van der Waals surface area contributed by atoms with Crippen molar-refractivity contribution in [1.82, 2.24) is 5.32 Å². The van der Waals surface area contributed by atoms with Crippen LogP contribution in [0.1, 0.15) is 38.5 Å². The van der Waals surface area contributed by atoms with Crippen LogP contribution < -0.4 is 5.32 Å². The Balaban J connectivity index is 2.12. The number of thioether (sulfide) groups is 1. The molecule has 0 spiro atoms. The lowest BCUT2D eigenvalue weighted by Crippen LogP contribution is -2.35. The average Bonchev–Trinajstić information content (AvgIpc) is 2.67. The van der Waals surface area contributed by atoms with E-state index in [1.165, 1.54) is 25.7 Å². The van der Waals surface area contributed by atoms with Gasteiger partial charge in [-0.1, -0.05) is 12.8 Å². The number of hydrogen-bond acceptors (Lipinski definition) is 3. The third-order valence-corrected chi connectivity index (χ3v) is 4.46. The molecule has 0 bridgehead atoms. The summed E-state index contributed by atoms with van der Waals surface area (Å²) in [6.07, 6.45) is 9.39. The van der Waals surface area contributed by atoms with Gasteiger partial charge < -0.3 is 5.32 Å². The summed E-state index contributed by atoms with van der Waals surface area (Å²) in [6.45, 7) is 2.12. The monoisotopic (exact) mass is 212 g/mol. The molecule has 0 heterocycles. The number of hydrogen-bond donors (Lipinski definition) is 1. The fourth-order valence-electron chi connectivity index (χ4n) is 2.08. The molecular weight excluding hydrogens is 192 g/mol. The molecular formula is C11H20N2S. The predicted molar refractivity (Wildman–Crippen MR) is 62.4 cm³/mol. The molecule has 80 valence electrons. The highest BCUT2D eigenvalue weighted by Crippen LogP contribution is 2.39. The van der Waals surface area contributed by atoms with Crippen molar-refractivity contribution < 1.29 is 0 Å². The van der Waals surface area contributed by atoms with Gasteiger partial charge in [-0.2, -0.15) is 17.0 Å². The molecule has 0 atom stereocenters. The first kappa shape index (κ1) is 11.9. The van der Waals surface area contributed by atoms with Gasteiger partial charge in [0.1, 0.15) is 0 Å². The van der Waals surface area contributed by atoms with E-state index < -0.39 is 0 Å². The largest absolute Gasteiger partial charge is 0.315 e. The molecule has 1 aliphatic rings. The van der Waals surface area contributed by atoms with Gasteiger partial charge in [-0.25, -0.2) is 0 Å². The molecule has 0 aromatic carbocycles. The van der Waals surface area contributed by atoms with Gasteiger partial charge in [-0.3, -0.25) is 0 Å². The zero-order valence-electron chi connectivity index (χ0n) is 9.01. The Morgan fingerprint density at radius 1 is 1.43 bits per heavy atom. The number of nitrogens with one attached hydrogen (secondary N) is 1. The summed E-state index contributed by atoms with van der Waals surface area (Å²) >= 11 is 2.02. The van der Waals surface area contributed by atoms with Gasteiger partial charge in [-0.15, -0.1) is 0 Å². The maximum atomic E-state index is 8.39. The molecule has 0 radical (unpaired) electrons. The normalized spacial score (nSPS) is 19.4. The van der Waals surface area contributed by atoms with Crippen LogP contribution in [0, 0.1) is 11.3 Å². The second-order valence-corrected chi connectivity index (χ2v) is 5.31. The molecule has 0 unspecified atom stereocenters. The zero-order chi connectivity index (χ0) is 10.3. The zero-order valence-corrected chi connectivity index (χ0v) is 9.83. The van der Waals surface area contributed by atoms with Crippen LogP contribution in [0.4, 0.5) is 0 Å². The molecule has 1 N–H and O–H groups in total. The minimum absolute atomic E-state index is 0.507. The Hall–Kier alpha value is -0.200. The Bertz CT molecular complexity index is 192. The third-order valence-electron chi connectivity index (χ3n) is 3.04. The predicted octanol–water partition coefficient (Wildman–Crippen LogP) is 2.56. The summed E-state index contributed by atoms with van der Waals surface area (Å²) in [5.74, 6) is 0. The van der Waals surface area contributed by atoms with Crippen molar-refractivity contribution in [2.24, 2.45) is 0 Å². The summed E-state index contributed by atoms with van der Waals surface area (Å²) in [5.41, 5.74) is 0. The van der Waals surface area contributed by atoms with Crippen molar-refractivity contribution in [3.8, 4) is 6.07 Å². The van der Waals surface area contributed by atoms with Crippen LogP contribution in [0.5, 0.6) is 0 Å². The van der Waals surface area contributed by atoms with Crippen LogP contribution in [0.15, 0.2) is 0 Å². The van der Waals surface area contributed by atoms with Gasteiger partial charge >= 0.3 is 0 Å². The van der Waals surface area contributed by atoms with Crippen molar-refractivity contribution in [3.63, 3.8) is 0 Å². The number of rotatable bonds is 6. The minimum atomic E-state index is 0.507. The minimum Gasteiger partial charge on any atom is -0.315 e. The molecule has 0 saturated heterocycles.